The van der Waals surface area contributed by atoms with E-state index in [0.29, 0.717) is 5.69 Å². The van der Waals surface area contributed by atoms with Crippen molar-refractivity contribution in [1.29, 1.82) is 0 Å². The highest BCUT2D eigenvalue weighted by Crippen LogP contribution is 2.27. The number of unbranched alkanes of at least 4 members (excludes halogenated alkanes) is 4. The first kappa shape index (κ1) is 22.2. The van der Waals surface area contributed by atoms with Gasteiger partial charge in [0.05, 0.1) is 27.8 Å². The van der Waals surface area contributed by atoms with Crippen molar-refractivity contribution in [2.24, 2.45) is 0 Å². The van der Waals surface area contributed by atoms with Crippen molar-refractivity contribution >= 4 is 33.3 Å². The Bertz CT molecular complexity index is 887. The summed E-state index contributed by atoms with van der Waals surface area (Å²) in [6.07, 6.45) is 4.98. The summed E-state index contributed by atoms with van der Waals surface area (Å²) in [5.74, 6) is -1.30. The summed E-state index contributed by atoms with van der Waals surface area (Å²) in [5, 5.41) is 9.20. The van der Waals surface area contributed by atoms with Crippen LogP contribution in [0.3, 0.4) is 0 Å². The number of carboxylic acid groups (broad SMARTS) is 1. The molecule has 0 aliphatic rings. The van der Waals surface area contributed by atoms with Crippen LogP contribution in [0.25, 0.3) is 0 Å². The molecule has 0 amide bonds. The number of hydrogen-bond donors (Lipinski definition) is 1. The topological polar surface area (TPSA) is 83.9 Å². The van der Waals surface area contributed by atoms with Gasteiger partial charge in [-0.2, -0.15) is 8.42 Å². The number of halogens is 1. The Morgan fingerprint density at radius 2 is 1.75 bits per heavy atom. The van der Waals surface area contributed by atoms with Gasteiger partial charge in [-0.15, -0.1) is 4.47 Å². The molecule has 0 aromatic heterocycles. The summed E-state index contributed by atoms with van der Waals surface area (Å²) in [5.41, 5.74) is 0.0539. The summed E-state index contributed by atoms with van der Waals surface area (Å²) in [6.45, 7) is 2.36. The second-order valence-electron chi connectivity index (χ2n) is 6.26. The monoisotopic (exact) mass is 425 g/mol. The highest BCUT2D eigenvalue weighted by molar-refractivity contribution is 7.92. The highest BCUT2D eigenvalue weighted by atomic mass is 35.5. The fraction of sp³-hybridized carbons (Fsp3) is 0.350. The molecule has 0 saturated heterocycles. The molecular formula is C20H24ClNO5S. The van der Waals surface area contributed by atoms with E-state index in [1.807, 2.05) is 0 Å². The van der Waals surface area contributed by atoms with Crippen LogP contribution in [0.1, 0.15) is 49.4 Å². The zero-order valence-corrected chi connectivity index (χ0v) is 17.2. The van der Waals surface area contributed by atoms with E-state index in [1.165, 1.54) is 12.1 Å². The molecule has 0 saturated carbocycles. The predicted molar refractivity (Wildman–Crippen MR) is 109 cm³/mol. The van der Waals surface area contributed by atoms with E-state index < -0.39 is 16.0 Å². The van der Waals surface area contributed by atoms with Crippen molar-refractivity contribution in [3.63, 3.8) is 0 Å². The molecule has 2 aromatic carbocycles. The second kappa shape index (κ2) is 10.5. The van der Waals surface area contributed by atoms with E-state index in [9.17, 15) is 18.3 Å². The number of aromatic carboxylic acids is 1. The lowest BCUT2D eigenvalue weighted by atomic mass is 10.2. The van der Waals surface area contributed by atoms with E-state index in [0.717, 1.165) is 42.6 Å². The number of anilines is 1. The van der Waals surface area contributed by atoms with E-state index in [-0.39, 0.29) is 22.1 Å². The molecule has 0 unspecified atom stereocenters. The average Bonchev–Trinajstić information content (AvgIpc) is 2.68. The Kier molecular flexibility index (Phi) is 8.29. The van der Waals surface area contributed by atoms with Gasteiger partial charge in [0.1, 0.15) is 0 Å². The molecule has 0 radical (unpaired) electrons. The molecule has 6 nitrogen and oxygen atoms in total. The molecule has 0 atom stereocenters. The van der Waals surface area contributed by atoms with E-state index in [1.54, 1.807) is 30.3 Å². The first-order valence-corrected chi connectivity index (χ1v) is 11.0. The Balaban J connectivity index is 2.28. The van der Waals surface area contributed by atoms with Gasteiger partial charge in [-0.05, 0) is 36.8 Å². The largest absolute Gasteiger partial charge is 0.478 e. The number of rotatable bonds is 11. The van der Waals surface area contributed by atoms with Crippen LogP contribution in [-0.2, 0) is 14.9 Å². The van der Waals surface area contributed by atoms with Crippen LogP contribution in [0.5, 0.6) is 0 Å². The average molecular weight is 426 g/mol. The molecule has 152 valence electrons. The lowest BCUT2D eigenvalue weighted by Crippen LogP contribution is -2.32. The summed E-state index contributed by atoms with van der Waals surface area (Å²) >= 11 is 5.86. The summed E-state index contributed by atoms with van der Waals surface area (Å²) in [4.78, 5) is 16.7. The zero-order chi connectivity index (χ0) is 20.6. The molecule has 8 heteroatoms. The van der Waals surface area contributed by atoms with Crippen molar-refractivity contribution in [3.8, 4) is 0 Å². The number of benzene rings is 2. The molecule has 1 N–H and O–H groups in total. The maximum atomic E-state index is 13.2. The van der Waals surface area contributed by atoms with Crippen LogP contribution >= 0.6 is 11.6 Å². The number of carboxylic acids is 1. The molecule has 2 aromatic rings. The van der Waals surface area contributed by atoms with E-state index in [2.05, 4.69) is 6.92 Å². The van der Waals surface area contributed by atoms with Crippen molar-refractivity contribution < 1.29 is 23.2 Å². The Morgan fingerprint density at radius 3 is 2.39 bits per heavy atom. The van der Waals surface area contributed by atoms with Gasteiger partial charge in [-0.1, -0.05) is 62.4 Å². The molecule has 2 rings (SSSR count). The van der Waals surface area contributed by atoms with Crippen LogP contribution < -0.4 is 4.47 Å². The lowest BCUT2D eigenvalue weighted by Gasteiger charge is -2.23. The fourth-order valence-corrected chi connectivity index (χ4v) is 4.12. The van der Waals surface area contributed by atoms with Gasteiger partial charge in [-0.3, -0.25) is 4.84 Å². The van der Waals surface area contributed by atoms with Crippen LogP contribution in [-0.4, -0.2) is 26.1 Å². The molecule has 0 spiro atoms. The molecule has 0 fully saturated rings. The standard InChI is InChI=1S/C20H24ClNO5S/c1-2-3-4-5-9-14-27-22(16-10-7-6-8-11-16)28(25,26)17-12-13-19(21)18(15-17)20(23)24/h6-8,10-13,15H,2-5,9,14H2,1H3,(H,23,24). The third-order valence-corrected chi connectivity index (χ3v) is 6.04. The summed E-state index contributed by atoms with van der Waals surface area (Å²) in [7, 11) is -4.14. The Labute approximate surface area is 170 Å². The van der Waals surface area contributed by atoms with Crippen molar-refractivity contribution in [2.75, 3.05) is 11.1 Å². The molecular weight excluding hydrogens is 402 g/mol. The minimum absolute atomic E-state index is 0.0328. The number of carbonyl (C=O) groups is 1. The van der Waals surface area contributed by atoms with Crippen LogP contribution in [0.2, 0.25) is 5.02 Å². The van der Waals surface area contributed by atoms with Gasteiger partial charge in [-0.25, -0.2) is 4.79 Å². The molecule has 0 heterocycles. The van der Waals surface area contributed by atoms with Gasteiger partial charge in [0.2, 0.25) is 0 Å². The normalized spacial score (nSPS) is 11.4. The Hall–Kier alpha value is -2.09. The third kappa shape index (κ3) is 5.70. The van der Waals surface area contributed by atoms with E-state index in [4.69, 9.17) is 16.4 Å². The quantitative estimate of drug-likeness (QED) is 0.398. The molecule has 0 aliphatic carbocycles. The predicted octanol–water partition coefficient (Wildman–Crippen LogP) is 5.14. The molecule has 0 bridgehead atoms. The van der Waals surface area contributed by atoms with E-state index >= 15 is 0 Å². The van der Waals surface area contributed by atoms with Crippen LogP contribution in [0, 0.1) is 0 Å². The molecule has 28 heavy (non-hydrogen) atoms. The number of nitrogens with zero attached hydrogens (tertiary/aromatic N) is 1. The maximum absolute atomic E-state index is 13.2. The van der Waals surface area contributed by atoms with Gasteiger partial charge in [0.15, 0.2) is 0 Å². The van der Waals surface area contributed by atoms with Crippen LogP contribution in [0.4, 0.5) is 5.69 Å². The number of sulfonamides is 1. The smallest absolute Gasteiger partial charge is 0.337 e. The van der Waals surface area contributed by atoms with Gasteiger partial charge >= 0.3 is 5.97 Å². The summed E-state index contributed by atoms with van der Waals surface area (Å²) in [6, 6.07) is 12.0. The number of para-hydroxylation sites is 1. The first-order valence-electron chi connectivity index (χ1n) is 9.14. The zero-order valence-electron chi connectivity index (χ0n) is 15.7. The minimum atomic E-state index is -4.14. The van der Waals surface area contributed by atoms with Crippen molar-refractivity contribution in [2.45, 2.75) is 43.9 Å². The second-order valence-corrected chi connectivity index (χ2v) is 8.42. The minimum Gasteiger partial charge on any atom is -0.478 e. The lowest BCUT2D eigenvalue weighted by molar-refractivity contribution is 0.0696. The van der Waals surface area contributed by atoms with Gasteiger partial charge < -0.3 is 5.11 Å². The summed E-state index contributed by atoms with van der Waals surface area (Å²) < 4.78 is 27.1. The third-order valence-electron chi connectivity index (χ3n) is 4.11. The van der Waals surface area contributed by atoms with Gasteiger partial charge in [0.25, 0.3) is 10.0 Å². The Morgan fingerprint density at radius 1 is 1.07 bits per heavy atom. The first-order chi connectivity index (χ1) is 13.4. The SMILES string of the molecule is CCCCCCCON(c1ccccc1)S(=O)(=O)c1ccc(Cl)c(C(=O)O)c1. The molecule has 0 aliphatic heterocycles. The number of hydrogen-bond acceptors (Lipinski definition) is 4. The van der Waals surface area contributed by atoms with Gasteiger partial charge in [0, 0.05) is 0 Å². The van der Waals surface area contributed by atoms with Crippen LogP contribution in [0.15, 0.2) is 53.4 Å². The van der Waals surface area contributed by atoms with Crippen molar-refractivity contribution in [3.05, 3.63) is 59.1 Å². The highest BCUT2D eigenvalue weighted by Gasteiger charge is 2.27. The van der Waals surface area contributed by atoms with Crippen molar-refractivity contribution in [1.82, 2.24) is 0 Å². The fourth-order valence-electron chi connectivity index (χ4n) is 2.61. The maximum Gasteiger partial charge on any atom is 0.337 e.